The van der Waals surface area contributed by atoms with Gasteiger partial charge in [-0.3, -0.25) is 0 Å². The van der Waals surface area contributed by atoms with Gasteiger partial charge in [0, 0.05) is 11.1 Å². The molecule has 3 rings (SSSR count). The van der Waals surface area contributed by atoms with Crippen LogP contribution in [0.2, 0.25) is 11.1 Å². The van der Waals surface area contributed by atoms with Gasteiger partial charge in [-0.15, -0.1) is 0 Å². The molecule has 26 heavy (non-hydrogen) atoms. The third kappa shape index (κ3) is 3.18. The minimum Gasteiger partial charge on any atom is -0.538 e. The predicted octanol–water partition coefficient (Wildman–Crippen LogP) is 5.83. The Morgan fingerprint density at radius 1 is 1.00 bits per heavy atom. The summed E-state index contributed by atoms with van der Waals surface area (Å²) in [5, 5.41) is 1.28. The second kappa shape index (κ2) is 7.43. The summed E-state index contributed by atoms with van der Waals surface area (Å²) in [7, 11) is -0.492. The molecule has 0 N–H and O–H groups in total. The lowest BCUT2D eigenvalue weighted by molar-refractivity contribution is 0.414. The molecule has 0 atom stereocenters. The lowest BCUT2D eigenvalue weighted by atomic mass is 10.1. The highest BCUT2D eigenvalue weighted by atomic mass is 28.4. The Labute approximate surface area is 158 Å². The van der Waals surface area contributed by atoms with Crippen molar-refractivity contribution in [2.75, 3.05) is 7.11 Å². The number of benzene rings is 2. The van der Waals surface area contributed by atoms with Crippen molar-refractivity contribution in [3.63, 3.8) is 0 Å². The third-order valence-corrected chi connectivity index (χ3v) is 10.3. The van der Waals surface area contributed by atoms with Gasteiger partial charge in [-0.05, 0) is 52.7 Å². The van der Waals surface area contributed by atoms with Crippen LogP contribution in [0.5, 0.6) is 11.5 Å². The maximum absolute atomic E-state index is 6.68. The third-order valence-electron chi connectivity index (χ3n) is 5.10. The number of rotatable bonds is 3. The molecule has 0 radical (unpaired) electrons. The molecule has 0 fully saturated rings. The predicted molar refractivity (Wildman–Crippen MR) is 111 cm³/mol. The van der Waals surface area contributed by atoms with Crippen LogP contribution in [0, 0.1) is 11.8 Å². The van der Waals surface area contributed by atoms with E-state index in [1.165, 1.54) is 5.20 Å². The minimum absolute atomic E-state index is 0.450. The zero-order chi connectivity index (χ0) is 18.7. The number of hydrogen-bond acceptors (Lipinski definition) is 2. The lowest BCUT2D eigenvalue weighted by Gasteiger charge is -2.34. The fraction of sp³-hybridized carbons (Fsp3) is 0.304. The van der Waals surface area contributed by atoms with E-state index in [4.69, 9.17) is 9.16 Å². The zero-order valence-corrected chi connectivity index (χ0v) is 17.2. The van der Waals surface area contributed by atoms with Crippen molar-refractivity contribution in [1.29, 1.82) is 0 Å². The summed E-state index contributed by atoms with van der Waals surface area (Å²) in [6.45, 7) is 9.09. The molecule has 0 aromatic heterocycles. The van der Waals surface area contributed by atoms with Crippen molar-refractivity contribution >= 4 is 13.5 Å². The van der Waals surface area contributed by atoms with E-state index in [1.54, 1.807) is 7.11 Å². The molecule has 1 aliphatic heterocycles. The van der Waals surface area contributed by atoms with Crippen molar-refractivity contribution in [1.82, 2.24) is 0 Å². The number of allylic oxidation sites excluding steroid dienone is 1. The number of hydrogen-bond donors (Lipinski definition) is 0. The fourth-order valence-corrected chi connectivity index (χ4v) is 8.43. The molecule has 0 bridgehead atoms. The van der Waals surface area contributed by atoms with Crippen LogP contribution in [0.25, 0.3) is 5.20 Å². The van der Waals surface area contributed by atoms with Crippen LogP contribution in [0.3, 0.4) is 0 Å². The van der Waals surface area contributed by atoms with Crippen LogP contribution < -0.4 is 9.16 Å². The molecular weight excluding hydrogens is 336 g/mol. The summed E-state index contributed by atoms with van der Waals surface area (Å²) in [4.78, 5) is 0. The molecule has 2 aromatic carbocycles. The van der Waals surface area contributed by atoms with E-state index in [9.17, 15) is 0 Å². The summed E-state index contributed by atoms with van der Waals surface area (Å²) in [6, 6.07) is 16.2. The molecule has 0 saturated carbocycles. The number of methoxy groups -OCH3 is 1. The molecule has 2 aromatic rings. The second-order valence-electron chi connectivity index (χ2n) is 7.26. The molecular formula is C23H26O2Si. The second-order valence-corrected chi connectivity index (χ2v) is 11.9. The van der Waals surface area contributed by atoms with Crippen LogP contribution in [-0.4, -0.2) is 15.4 Å². The standard InChI is InChI=1S/C23H26O2Si/c1-17(2)26(18(3)4)23(13-9-12-19-10-7-6-8-11-19)21-16-20(24-5)14-15-22(21)25-26/h6-8,10-11,13-18H,1-5H3/b23-13+. The van der Waals surface area contributed by atoms with Crippen molar-refractivity contribution in [3.05, 3.63) is 65.7 Å². The van der Waals surface area contributed by atoms with Gasteiger partial charge in [0.2, 0.25) is 0 Å². The average molecular weight is 363 g/mol. The normalized spacial score (nSPS) is 16.2. The van der Waals surface area contributed by atoms with Crippen molar-refractivity contribution < 1.29 is 9.16 Å². The molecule has 3 heteroatoms. The van der Waals surface area contributed by atoms with Gasteiger partial charge in [-0.2, -0.15) is 0 Å². The highest BCUT2D eigenvalue weighted by Gasteiger charge is 2.52. The lowest BCUT2D eigenvalue weighted by Crippen LogP contribution is -2.46. The summed E-state index contributed by atoms with van der Waals surface area (Å²) >= 11 is 0. The fourth-order valence-electron chi connectivity index (χ4n) is 3.81. The molecule has 134 valence electrons. The van der Waals surface area contributed by atoms with Crippen LogP contribution in [0.4, 0.5) is 0 Å². The Morgan fingerprint density at radius 3 is 2.31 bits per heavy atom. The van der Waals surface area contributed by atoms with Gasteiger partial charge < -0.3 is 9.16 Å². The monoisotopic (exact) mass is 362 g/mol. The van der Waals surface area contributed by atoms with E-state index >= 15 is 0 Å². The van der Waals surface area contributed by atoms with Gasteiger partial charge in [-0.25, -0.2) is 0 Å². The maximum Gasteiger partial charge on any atom is 0.289 e. The number of fused-ring (bicyclic) bond motifs is 1. The highest BCUT2D eigenvalue weighted by Crippen LogP contribution is 2.52. The van der Waals surface area contributed by atoms with Crippen molar-refractivity contribution in [2.45, 2.75) is 38.8 Å². The quantitative estimate of drug-likeness (QED) is 0.505. The maximum atomic E-state index is 6.68. The van der Waals surface area contributed by atoms with E-state index in [2.05, 4.69) is 51.7 Å². The molecule has 0 unspecified atom stereocenters. The molecule has 1 heterocycles. The Bertz CT molecular complexity index is 862. The minimum atomic E-state index is -2.19. The first kappa shape index (κ1) is 18.4. The first-order chi connectivity index (χ1) is 12.5. The van der Waals surface area contributed by atoms with Crippen LogP contribution in [0.15, 0.2) is 54.6 Å². The number of ether oxygens (including phenoxy) is 1. The molecule has 0 saturated heterocycles. The highest BCUT2D eigenvalue weighted by molar-refractivity contribution is 6.95. The van der Waals surface area contributed by atoms with Crippen LogP contribution in [-0.2, 0) is 0 Å². The van der Waals surface area contributed by atoms with E-state index in [1.807, 2.05) is 42.5 Å². The first-order valence-electron chi connectivity index (χ1n) is 9.13. The Kier molecular flexibility index (Phi) is 5.25. The SMILES string of the molecule is COc1ccc2c(c1)/C(=C\C#Cc1ccccc1)[Si](C(C)C)(C(C)C)O2. The molecule has 0 aliphatic carbocycles. The Balaban J connectivity index is 2.13. The Hall–Kier alpha value is -2.44. The summed E-state index contributed by atoms with van der Waals surface area (Å²) < 4.78 is 12.1. The van der Waals surface area contributed by atoms with Gasteiger partial charge in [0.25, 0.3) is 8.32 Å². The van der Waals surface area contributed by atoms with Crippen molar-refractivity contribution in [2.24, 2.45) is 0 Å². The molecule has 1 aliphatic rings. The van der Waals surface area contributed by atoms with Gasteiger partial charge in [0.1, 0.15) is 11.5 Å². The largest absolute Gasteiger partial charge is 0.538 e. The van der Waals surface area contributed by atoms with E-state index < -0.39 is 8.32 Å². The topological polar surface area (TPSA) is 18.5 Å². The van der Waals surface area contributed by atoms with Gasteiger partial charge in [-0.1, -0.05) is 57.7 Å². The Morgan fingerprint density at radius 2 is 1.69 bits per heavy atom. The molecule has 0 spiro atoms. The van der Waals surface area contributed by atoms with Gasteiger partial charge >= 0.3 is 0 Å². The molecule has 0 amide bonds. The van der Waals surface area contributed by atoms with Crippen molar-refractivity contribution in [3.8, 4) is 23.3 Å². The summed E-state index contributed by atoms with van der Waals surface area (Å²) in [5.74, 6) is 8.36. The molecule has 2 nitrogen and oxygen atoms in total. The van der Waals surface area contributed by atoms with Gasteiger partial charge in [0.15, 0.2) is 0 Å². The summed E-state index contributed by atoms with van der Waals surface area (Å²) in [5.41, 5.74) is 3.06. The van der Waals surface area contributed by atoms with Gasteiger partial charge in [0.05, 0.1) is 7.11 Å². The van der Waals surface area contributed by atoms with E-state index in [-0.39, 0.29) is 0 Å². The van der Waals surface area contributed by atoms with E-state index in [0.29, 0.717) is 11.1 Å². The first-order valence-corrected chi connectivity index (χ1v) is 11.2. The zero-order valence-electron chi connectivity index (χ0n) is 16.2. The van der Waals surface area contributed by atoms with E-state index in [0.717, 1.165) is 22.6 Å². The van der Waals surface area contributed by atoms with Crippen LogP contribution in [0.1, 0.15) is 38.8 Å². The van der Waals surface area contributed by atoms with Crippen LogP contribution >= 0.6 is 0 Å². The average Bonchev–Trinajstić information content (AvgIpc) is 2.97. The summed E-state index contributed by atoms with van der Waals surface area (Å²) in [6.07, 6.45) is 2.09. The smallest absolute Gasteiger partial charge is 0.289 e.